The first-order valence-corrected chi connectivity index (χ1v) is 7.25. The molecule has 0 atom stereocenters. The van der Waals surface area contributed by atoms with Crippen LogP contribution >= 0.6 is 11.6 Å². The van der Waals surface area contributed by atoms with Crippen LogP contribution in [-0.2, 0) is 0 Å². The standard InChI is InChI=1S/C17H16ClN3O2/c1-12-3-5-14(10-15(12)18)21-20-11-13-4-6-16(23-8-7-19)17(9-13)22-2/h3-6,9-11,21H,8H2,1-2H3/b20-11-. The highest BCUT2D eigenvalue weighted by Gasteiger charge is 2.04. The molecule has 0 aliphatic carbocycles. The number of nitrogens with zero attached hydrogens (tertiary/aromatic N) is 2. The number of hydrogen-bond acceptors (Lipinski definition) is 5. The first-order chi connectivity index (χ1) is 11.1. The minimum absolute atomic E-state index is 0.0282. The van der Waals surface area contributed by atoms with E-state index in [4.69, 9.17) is 26.3 Å². The molecule has 5 nitrogen and oxygen atoms in total. The first kappa shape index (κ1) is 16.7. The van der Waals surface area contributed by atoms with Crippen LogP contribution in [0.4, 0.5) is 5.69 Å². The summed E-state index contributed by atoms with van der Waals surface area (Å²) in [5.41, 5.74) is 5.56. The fraction of sp³-hybridized carbons (Fsp3) is 0.176. The third kappa shape index (κ3) is 4.63. The molecule has 2 rings (SSSR count). The topological polar surface area (TPSA) is 66.6 Å². The van der Waals surface area contributed by atoms with Gasteiger partial charge in [-0.15, -0.1) is 0 Å². The Hall–Kier alpha value is -2.71. The number of benzene rings is 2. The Morgan fingerprint density at radius 1 is 1.26 bits per heavy atom. The van der Waals surface area contributed by atoms with Crippen molar-refractivity contribution in [2.24, 2.45) is 5.10 Å². The number of hydrogen-bond donors (Lipinski definition) is 1. The minimum Gasteiger partial charge on any atom is -0.493 e. The van der Waals surface area contributed by atoms with E-state index in [0.717, 1.165) is 16.8 Å². The average Bonchev–Trinajstić information content (AvgIpc) is 2.56. The van der Waals surface area contributed by atoms with E-state index in [1.54, 1.807) is 25.5 Å². The Kier molecular flexibility index (Phi) is 5.84. The highest BCUT2D eigenvalue weighted by atomic mass is 35.5. The van der Waals surface area contributed by atoms with Gasteiger partial charge in [-0.05, 0) is 48.4 Å². The van der Waals surface area contributed by atoms with E-state index in [0.29, 0.717) is 16.5 Å². The molecule has 1 N–H and O–H groups in total. The van der Waals surface area contributed by atoms with E-state index in [-0.39, 0.29) is 6.61 Å². The van der Waals surface area contributed by atoms with Crippen LogP contribution in [0.15, 0.2) is 41.5 Å². The van der Waals surface area contributed by atoms with Crippen LogP contribution in [0.5, 0.6) is 11.5 Å². The molecule has 0 bridgehead atoms. The number of nitrogens with one attached hydrogen (secondary N) is 1. The molecule has 0 aliphatic heterocycles. The van der Waals surface area contributed by atoms with Crippen LogP contribution in [-0.4, -0.2) is 19.9 Å². The lowest BCUT2D eigenvalue weighted by atomic mass is 10.2. The van der Waals surface area contributed by atoms with Crippen LogP contribution in [0.3, 0.4) is 0 Å². The van der Waals surface area contributed by atoms with Gasteiger partial charge >= 0.3 is 0 Å². The summed E-state index contributed by atoms with van der Waals surface area (Å²) in [7, 11) is 1.54. The second-order valence-electron chi connectivity index (χ2n) is 4.69. The Morgan fingerprint density at radius 2 is 2.09 bits per heavy atom. The van der Waals surface area contributed by atoms with Crippen molar-refractivity contribution >= 4 is 23.5 Å². The zero-order valence-electron chi connectivity index (χ0n) is 12.8. The Balaban J connectivity index is 2.07. The summed E-state index contributed by atoms with van der Waals surface area (Å²) in [5.74, 6) is 1.06. The maximum atomic E-state index is 8.55. The first-order valence-electron chi connectivity index (χ1n) is 6.87. The molecule has 0 amide bonds. The number of aryl methyl sites for hydroxylation is 1. The van der Waals surface area contributed by atoms with Gasteiger partial charge in [0.15, 0.2) is 18.1 Å². The molecule has 2 aromatic carbocycles. The fourth-order valence-electron chi connectivity index (χ4n) is 1.84. The van der Waals surface area contributed by atoms with Gasteiger partial charge in [-0.25, -0.2) is 0 Å². The molecular weight excluding hydrogens is 314 g/mol. The number of anilines is 1. The summed E-state index contributed by atoms with van der Waals surface area (Å²) >= 11 is 6.06. The minimum atomic E-state index is -0.0282. The summed E-state index contributed by atoms with van der Waals surface area (Å²) in [4.78, 5) is 0. The summed E-state index contributed by atoms with van der Waals surface area (Å²) in [6.07, 6.45) is 1.66. The number of halogens is 1. The largest absolute Gasteiger partial charge is 0.493 e. The predicted molar refractivity (Wildman–Crippen MR) is 91.5 cm³/mol. The molecular formula is C17H16ClN3O2. The van der Waals surface area contributed by atoms with Crippen LogP contribution in [0.25, 0.3) is 0 Å². The molecule has 0 heterocycles. The molecule has 118 valence electrons. The third-order valence-electron chi connectivity index (χ3n) is 3.06. The van der Waals surface area contributed by atoms with E-state index in [1.807, 2.05) is 37.3 Å². The third-order valence-corrected chi connectivity index (χ3v) is 3.47. The number of nitriles is 1. The van der Waals surface area contributed by atoms with E-state index in [9.17, 15) is 0 Å². The van der Waals surface area contributed by atoms with Gasteiger partial charge < -0.3 is 9.47 Å². The number of hydrazone groups is 1. The predicted octanol–water partition coefficient (Wildman–Crippen LogP) is 4.01. The molecule has 0 saturated heterocycles. The highest BCUT2D eigenvalue weighted by Crippen LogP contribution is 2.27. The molecule has 2 aromatic rings. The molecule has 0 fully saturated rings. The average molecular weight is 330 g/mol. The van der Waals surface area contributed by atoms with Crippen LogP contribution in [0.1, 0.15) is 11.1 Å². The fourth-order valence-corrected chi connectivity index (χ4v) is 2.02. The van der Waals surface area contributed by atoms with Crippen molar-refractivity contribution in [3.8, 4) is 17.6 Å². The van der Waals surface area contributed by atoms with Gasteiger partial charge in [0.1, 0.15) is 6.07 Å². The van der Waals surface area contributed by atoms with Gasteiger partial charge in [0.05, 0.1) is 19.0 Å². The highest BCUT2D eigenvalue weighted by molar-refractivity contribution is 6.31. The summed E-state index contributed by atoms with van der Waals surface area (Å²) in [6, 6.07) is 12.9. The molecule has 23 heavy (non-hydrogen) atoms. The maximum absolute atomic E-state index is 8.55. The summed E-state index contributed by atoms with van der Waals surface area (Å²) in [5, 5.41) is 13.4. The molecule has 0 unspecified atom stereocenters. The maximum Gasteiger partial charge on any atom is 0.174 e. The number of methoxy groups -OCH3 is 1. The monoisotopic (exact) mass is 329 g/mol. The second-order valence-corrected chi connectivity index (χ2v) is 5.10. The Labute approximate surface area is 140 Å². The number of rotatable bonds is 6. The summed E-state index contributed by atoms with van der Waals surface area (Å²) < 4.78 is 10.5. The quantitative estimate of drug-likeness (QED) is 0.642. The zero-order chi connectivity index (χ0) is 16.7. The van der Waals surface area contributed by atoms with Crippen molar-refractivity contribution in [3.05, 3.63) is 52.5 Å². The lowest BCUT2D eigenvalue weighted by Gasteiger charge is -2.08. The van der Waals surface area contributed by atoms with Crippen molar-refractivity contribution < 1.29 is 9.47 Å². The van der Waals surface area contributed by atoms with Crippen molar-refractivity contribution in [3.63, 3.8) is 0 Å². The Morgan fingerprint density at radius 3 is 2.78 bits per heavy atom. The van der Waals surface area contributed by atoms with E-state index < -0.39 is 0 Å². The smallest absolute Gasteiger partial charge is 0.174 e. The molecule has 0 radical (unpaired) electrons. The molecule has 0 spiro atoms. The van der Waals surface area contributed by atoms with Crippen LogP contribution < -0.4 is 14.9 Å². The van der Waals surface area contributed by atoms with Gasteiger partial charge in [0.25, 0.3) is 0 Å². The van der Waals surface area contributed by atoms with Crippen LogP contribution in [0.2, 0.25) is 5.02 Å². The van der Waals surface area contributed by atoms with Gasteiger partial charge in [-0.3, -0.25) is 5.43 Å². The van der Waals surface area contributed by atoms with Gasteiger partial charge in [0, 0.05) is 5.02 Å². The van der Waals surface area contributed by atoms with Gasteiger partial charge in [-0.1, -0.05) is 17.7 Å². The molecule has 0 aliphatic rings. The molecule has 0 saturated carbocycles. The van der Waals surface area contributed by atoms with Gasteiger partial charge in [-0.2, -0.15) is 10.4 Å². The van der Waals surface area contributed by atoms with E-state index in [2.05, 4.69) is 10.5 Å². The SMILES string of the molecule is COc1cc(/C=N\Nc2ccc(C)c(Cl)c2)ccc1OCC#N. The lowest BCUT2D eigenvalue weighted by molar-refractivity contribution is 0.329. The second kappa shape index (κ2) is 8.06. The van der Waals surface area contributed by atoms with Gasteiger partial charge in [0.2, 0.25) is 0 Å². The van der Waals surface area contributed by atoms with E-state index in [1.165, 1.54) is 0 Å². The lowest BCUT2D eigenvalue weighted by Crippen LogP contribution is -1.98. The van der Waals surface area contributed by atoms with Crippen molar-refractivity contribution in [2.75, 3.05) is 19.1 Å². The van der Waals surface area contributed by atoms with Crippen LogP contribution in [0, 0.1) is 18.3 Å². The zero-order valence-corrected chi connectivity index (χ0v) is 13.6. The van der Waals surface area contributed by atoms with Crippen molar-refractivity contribution in [1.29, 1.82) is 5.26 Å². The number of ether oxygens (including phenoxy) is 2. The van der Waals surface area contributed by atoms with Crippen molar-refractivity contribution in [2.45, 2.75) is 6.92 Å². The summed E-state index contributed by atoms with van der Waals surface area (Å²) in [6.45, 7) is 1.91. The molecule has 0 aromatic heterocycles. The molecule has 6 heteroatoms. The van der Waals surface area contributed by atoms with E-state index >= 15 is 0 Å². The normalized spacial score (nSPS) is 10.3. The Bertz CT molecular complexity index is 754. The van der Waals surface area contributed by atoms with Crippen molar-refractivity contribution in [1.82, 2.24) is 0 Å².